The molecular formula is C6H18N4P2Si2. The van der Waals surface area contributed by atoms with Gasteiger partial charge in [0.25, 0.3) is 0 Å². The number of rotatable bonds is 3. The molecule has 0 amide bonds. The molecule has 1 rings (SSSR count). The molecule has 1 aromatic rings. The summed E-state index contributed by atoms with van der Waals surface area (Å²) in [5, 5.41) is 0. The first-order chi connectivity index (χ1) is 6.23. The van der Waals surface area contributed by atoms with Crippen LogP contribution < -0.4 is 4.00 Å². The summed E-state index contributed by atoms with van der Waals surface area (Å²) in [5.41, 5.74) is 0. The number of aromatic nitrogens is 3. The maximum Gasteiger partial charge on any atom is 0.185 e. The molecular weight excluding hydrogens is 246 g/mol. The minimum absolute atomic E-state index is 0.657. The Morgan fingerprint density at radius 2 is 1.50 bits per heavy atom. The Bertz CT molecular complexity index is 276. The lowest BCUT2D eigenvalue weighted by Gasteiger charge is -2.40. The number of nitrogens with zero attached hydrogens (tertiary/aromatic N) is 4. The lowest BCUT2D eigenvalue weighted by molar-refractivity contribution is 1.25. The number of hydrogen-bond donors (Lipinski definition) is 0. The zero-order valence-corrected chi connectivity index (χ0v) is 13.5. The number of hydrogen-bond acceptors (Lipinski definition) is 4. The van der Waals surface area contributed by atoms with Gasteiger partial charge in [-0.25, -0.2) is 0 Å². The van der Waals surface area contributed by atoms with E-state index >= 15 is 0 Å². The molecule has 0 N–H and O–H groups in total. The van der Waals surface area contributed by atoms with Gasteiger partial charge in [0.15, 0.2) is 16.5 Å². The second kappa shape index (κ2) is 4.10. The summed E-state index contributed by atoms with van der Waals surface area (Å²) < 4.78 is 7.09. The predicted octanol–water partition coefficient (Wildman–Crippen LogP) is 3.05. The van der Waals surface area contributed by atoms with Gasteiger partial charge in [-0.3, -0.25) is 4.00 Å². The molecule has 0 aliphatic heterocycles. The van der Waals surface area contributed by atoms with Crippen molar-refractivity contribution >= 4 is 33.0 Å². The monoisotopic (exact) mass is 264 g/mol. The van der Waals surface area contributed by atoms with Crippen molar-refractivity contribution in [3.63, 3.8) is 0 Å². The molecule has 1 heterocycles. The molecule has 0 bridgehead atoms. The van der Waals surface area contributed by atoms with Crippen molar-refractivity contribution in [1.29, 1.82) is 0 Å². The highest BCUT2D eigenvalue weighted by molar-refractivity contribution is 7.56. The van der Waals surface area contributed by atoms with Crippen LogP contribution in [0.5, 0.6) is 0 Å². The van der Waals surface area contributed by atoms with Crippen LogP contribution in [0, 0.1) is 0 Å². The molecule has 0 saturated carbocycles. The van der Waals surface area contributed by atoms with E-state index in [1.54, 1.807) is 0 Å². The van der Waals surface area contributed by atoms with Gasteiger partial charge in [0.1, 0.15) is 16.5 Å². The molecule has 1 atom stereocenters. The zero-order valence-electron chi connectivity index (χ0n) is 9.68. The van der Waals surface area contributed by atoms with Gasteiger partial charge in [-0.05, 0) is 0 Å². The summed E-state index contributed by atoms with van der Waals surface area (Å²) in [6.07, 6.45) is 0. The summed E-state index contributed by atoms with van der Waals surface area (Å²) in [5.74, 6) is 0. The standard InChI is InChI=1S/C6H18N4P2Si2/c1-13(2,3)10(14(4,5)6)12-8-7-11-9-12/h1-6H3. The van der Waals surface area contributed by atoms with Crippen LogP contribution in [0.4, 0.5) is 0 Å². The highest BCUT2D eigenvalue weighted by atomic mass is 31.1. The maximum atomic E-state index is 4.47. The van der Waals surface area contributed by atoms with E-state index in [0.717, 1.165) is 8.51 Å². The summed E-state index contributed by atoms with van der Waals surface area (Å²) in [6.45, 7) is 14.2. The molecule has 0 aliphatic rings. The van der Waals surface area contributed by atoms with Crippen molar-refractivity contribution < 1.29 is 0 Å². The van der Waals surface area contributed by atoms with Gasteiger partial charge in [-0.2, -0.15) is 4.51 Å². The maximum absolute atomic E-state index is 4.47. The van der Waals surface area contributed by atoms with Crippen molar-refractivity contribution in [3.8, 4) is 0 Å². The average molecular weight is 264 g/mol. The summed E-state index contributed by atoms with van der Waals surface area (Å²) in [7, 11) is -2.48. The Morgan fingerprint density at radius 3 is 1.79 bits per heavy atom. The second-order valence-corrected chi connectivity index (χ2v) is 18.2. The summed E-state index contributed by atoms with van der Waals surface area (Å²) in [6, 6.07) is 0. The van der Waals surface area contributed by atoms with Crippen LogP contribution in [-0.2, 0) is 0 Å². The molecule has 0 saturated heterocycles. The van der Waals surface area contributed by atoms with Gasteiger partial charge in [-0.1, -0.05) is 44.1 Å². The van der Waals surface area contributed by atoms with Gasteiger partial charge in [0, 0.05) is 0 Å². The molecule has 0 aliphatic carbocycles. The molecule has 0 radical (unpaired) electrons. The first kappa shape index (κ1) is 12.5. The third kappa shape index (κ3) is 2.94. The van der Waals surface area contributed by atoms with Gasteiger partial charge in [-0.15, -0.1) is 4.86 Å². The Balaban J connectivity index is 3.08. The van der Waals surface area contributed by atoms with E-state index in [2.05, 4.69) is 57.5 Å². The minimum atomic E-state index is -1.32. The molecule has 80 valence electrons. The fraction of sp³-hybridized carbons (Fsp3) is 1.00. The highest BCUT2D eigenvalue weighted by Crippen LogP contribution is 2.34. The van der Waals surface area contributed by atoms with Crippen molar-refractivity contribution in [2.45, 2.75) is 39.3 Å². The first-order valence-corrected chi connectivity index (χ1v) is 13.5. The van der Waals surface area contributed by atoms with Crippen LogP contribution >= 0.6 is 16.5 Å². The van der Waals surface area contributed by atoms with Gasteiger partial charge in [0.05, 0.1) is 0 Å². The van der Waals surface area contributed by atoms with Crippen molar-refractivity contribution in [1.82, 2.24) is 14.2 Å². The van der Waals surface area contributed by atoms with E-state index in [4.69, 9.17) is 0 Å². The third-order valence-corrected chi connectivity index (χ3v) is 14.8. The first-order valence-electron chi connectivity index (χ1n) is 4.65. The largest absolute Gasteiger partial charge is 0.274 e. The fourth-order valence-corrected chi connectivity index (χ4v) is 16.5. The molecule has 0 fully saturated rings. The zero-order chi connectivity index (χ0) is 11.0. The predicted molar refractivity (Wildman–Crippen MR) is 70.0 cm³/mol. The topological polar surface area (TPSA) is 41.9 Å². The summed E-state index contributed by atoms with van der Waals surface area (Å²) in [4.78, 5) is 8.25. The Labute approximate surface area is 90.8 Å². The highest BCUT2D eigenvalue weighted by Gasteiger charge is 2.37. The lowest BCUT2D eigenvalue weighted by atomic mass is 11.8. The third-order valence-electron chi connectivity index (χ3n) is 1.73. The molecule has 0 spiro atoms. The van der Waals surface area contributed by atoms with Crippen LogP contribution in [0.15, 0.2) is 0 Å². The van der Waals surface area contributed by atoms with Crippen LogP contribution in [0.1, 0.15) is 0 Å². The van der Waals surface area contributed by atoms with Crippen molar-refractivity contribution in [2.24, 2.45) is 0 Å². The van der Waals surface area contributed by atoms with E-state index in [0.29, 0.717) is 0 Å². The normalized spacial score (nSPS) is 15.5. The van der Waals surface area contributed by atoms with Crippen LogP contribution in [0.2, 0.25) is 39.3 Å². The van der Waals surface area contributed by atoms with Gasteiger partial charge in [0.2, 0.25) is 0 Å². The van der Waals surface area contributed by atoms with Gasteiger partial charge >= 0.3 is 0 Å². The van der Waals surface area contributed by atoms with E-state index < -0.39 is 24.5 Å². The minimum Gasteiger partial charge on any atom is -0.274 e. The van der Waals surface area contributed by atoms with E-state index in [-0.39, 0.29) is 0 Å². The van der Waals surface area contributed by atoms with Crippen molar-refractivity contribution in [2.75, 3.05) is 4.00 Å². The smallest absolute Gasteiger partial charge is 0.185 e. The van der Waals surface area contributed by atoms with E-state index in [1.807, 2.05) is 0 Å². The second-order valence-electron chi connectivity index (χ2n) is 5.28. The molecule has 14 heavy (non-hydrogen) atoms. The molecule has 1 aromatic heterocycles. The Hall–Kier alpha value is 0.394. The fourth-order valence-electron chi connectivity index (χ4n) is 1.75. The van der Waals surface area contributed by atoms with Crippen LogP contribution in [0.25, 0.3) is 0 Å². The average Bonchev–Trinajstić information content (AvgIpc) is 2.31. The molecule has 0 aromatic carbocycles. The SMILES string of the molecule is C[Si](C)(C)N(p1nnpn1)[Si](C)(C)C. The molecule has 4 nitrogen and oxygen atoms in total. The molecule has 8 heteroatoms. The lowest BCUT2D eigenvalue weighted by Crippen LogP contribution is -2.58. The quantitative estimate of drug-likeness (QED) is 0.787. The summed E-state index contributed by atoms with van der Waals surface area (Å²) >= 11 is 0. The van der Waals surface area contributed by atoms with Crippen LogP contribution in [-0.4, -0.2) is 30.7 Å². The van der Waals surface area contributed by atoms with E-state index in [9.17, 15) is 0 Å². The van der Waals surface area contributed by atoms with E-state index in [1.165, 1.54) is 0 Å². The van der Waals surface area contributed by atoms with Crippen LogP contribution in [0.3, 0.4) is 0 Å². The van der Waals surface area contributed by atoms with Crippen molar-refractivity contribution in [3.05, 3.63) is 0 Å². The Morgan fingerprint density at radius 1 is 1.00 bits per heavy atom. The molecule has 1 unspecified atom stereocenters. The Kier molecular flexibility index (Phi) is 3.65. The van der Waals surface area contributed by atoms with Gasteiger partial charge < -0.3 is 0 Å².